The second-order valence-electron chi connectivity index (χ2n) is 5.46. The Morgan fingerprint density at radius 1 is 1.08 bits per heavy atom. The van der Waals surface area contributed by atoms with Crippen molar-refractivity contribution < 1.29 is 9.47 Å². The fourth-order valence-electron chi connectivity index (χ4n) is 2.46. The van der Waals surface area contributed by atoms with Crippen molar-refractivity contribution in [2.24, 2.45) is 0 Å². The number of hydrogen-bond acceptors (Lipinski definition) is 5. The van der Waals surface area contributed by atoms with Crippen molar-refractivity contribution in [2.45, 2.75) is 17.1 Å². The van der Waals surface area contributed by atoms with E-state index in [0.29, 0.717) is 16.8 Å². The minimum absolute atomic E-state index is 0.295. The predicted octanol–water partition coefficient (Wildman–Crippen LogP) is 6.06. The van der Waals surface area contributed by atoms with E-state index in [1.54, 1.807) is 29.2 Å². The third-order valence-corrected chi connectivity index (χ3v) is 6.32. The molecular formula is C18H13Cl2NO2S2. The molecule has 1 aliphatic heterocycles. The Balaban J connectivity index is 1.41. The Kier molecular flexibility index (Phi) is 5.08. The van der Waals surface area contributed by atoms with Crippen LogP contribution in [0.5, 0.6) is 11.5 Å². The number of thiazole rings is 1. The number of aromatic nitrogens is 1. The van der Waals surface area contributed by atoms with Crippen molar-refractivity contribution in [2.75, 3.05) is 6.79 Å². The van der Waals surface area contributed by atoms with Gasteiger partial charge in [0.1, 0.15) is 0 Å². The molecule has 128 valence electrons. The average Bonchev–Trinajstić information content (AvgIpc) is 3.24. The molecule has 0 radical (unpaired) electrons. The average molecular weight is 410 g/mol. The van der Waals surface area contributed by atoms with Gasteiger partial charge in [0.05, 0.1) is 15.7 Å². The molecule has 3 aromatic rings. The molecule has 2 heterocycles. The maximum absolute atomic E-state index is 6.20. The minimum Gasteiger partial charge on any atom is -0.454 e. The highest BCUT2D eigenvalue weighted by atomic mass is 35.5. The fourth-order valence-corrected chi connectivity index (χ4v) is 4.78. The van der Waals surface area contributed by atoms with Crippen LogP contribution in [0.3, 0.4) is 0 Å². The van der Waals surface area contributed by atoms with E-state index < -0.39 is 0 Å². The lowest BCUT2D eigenvalue weighted by Crippen LogP contribution is -1.93. The Morgan fingerprint density at radius 2 is 1.96 bits per heavy atom. The summed E-state index contributed by atoms with van der Waals surface area (Å²) >= 11 is 15.5. The van der Waals surface area contributed by atoms with Crippen molar-refractivity contribution in [1.29, 1.82) is 0 Å². The van der Waals surface area contributed by atoms with Crippen LogP contribution in [-0.4, -0.2) is 11.8 Å². The van der Waals surface area contributed by atoms with Gasteiger partial charge >= 0.3 is 0 Å². The molecule has 4 rings (SSSR count). The standard InChI is InChI=1S/C18H13Cl2NO2S2/c19-12-2-3-14(20)17(7-12)24-8-13-9-25-18(21-13)6-11-1-4-15-16(5-11)23-10-22-15/h1-5,7,9H,6,8,10H2. The van der Waals surface area contributed by atoms with E-state index in [4.69, 9.17) is 37.7 Å². The third kappa shape index (κ3) is 4.06. The van der Waals surface area contributed by atoms with Crippen LogP contribution >= 0.6 is 46.3 Å². The normalized spacial score (nSPS) is 12.6. The van der Waals surface area contributed by atoms with E-state index in [9.17, 15) is 0 Å². The molecule has 0 atom stereocenters. The van der Waals surface area contributed by atoms with Crippen LogP contribution in [0, 0.1) is 0 Å². The minimum atomic E-state index is 0.295. The van der Waals surface area contributed by atoms with Crippen molar-refractivity contribution in [3.05, 3.63) is 68.1 Å². The SMILES string of the molecule is Clc1ccc(Cl)c(SCc2csc(Cc3ccc4c(c3)OCO4)n2)c1. The van der Waals surface area contributed by atoms with E-state index in [1.165, 1.54) is 0 Å². The number of nitrogens with zero attached hydrogens (tertiary/aromatic N) is 1. The van der Waals surface area contributed by atoms with Crippen molar-refractivity contribution in [1.82, 2.24) is 4.98 Å². The topological polar surface area (TPSA) is 31.4 Å². The van der Waals surface area contributed by atoms with E-state index >= 15 is 0 Å². The molecule has 0 amide bonds. The number of thioether (sulfide) groups is 1. The van der Waals surface area contributed by atoms with Crippen LogP contribution in [0.1, 0.15) is 16.3 Å². The van der Waals surface area contributed by atoms with Crippen LogP contribution in [-0.2, 0) is 12.2 Å². The van der Waals surface area contributed by atoms with Gasteiger partial charge in [0.25, 0.3) is 0 Å². The number of hydrogen-bond donors (Lipinski definition) is 0. The van der Waals surface area contributed by atoms with Crippen molar-refractivity contribution in [3.8, 4) is 11.5 Å². The summed E-state index contributed by atoms with van der Waals surface area (Å²) in [5.74, 6) is 2.37. The summed E-state index contributed by atoms with van der Waals surface area (Å²) in [5.41, 5.74) is 2.21. The number of fused-ring (bicyclic) bond motifs is 1. The molecule has 3 nitrogen and oxygen atoms in total. The second-order valence-corrected chi connectivity index (χ2v) is 8.26. The van der Waals surface area contributed by atoms with Gasteiger partial charge in [-0.15, -0.1) is 23.1 Å². The summed E-state index contributed by atoms with van der Waals surface area (Å²) in [5, 5.41) is 4.57. The van der Waals surface area contributed by atoms with Gasteiger partial charge < -0.3 is 9.47 Å². The zero-order valence-electron chi connectivity index (χ0n) is 13.0. The van der Waals surface area contributed by atoms with E-state index in [1.807, 2.05) is 24.3 Å². The lowest BCUT2D eigenvalue weighted by atomic mass is 10.1. The lowest BCUT2D eigenvalue weighted by Gasteiger charge is -2.03. The fraction of sp³-hybridized carbons (Fsp3) is 0.167. The molecule has 0 fully saturated rings. The molecule has 25 heavy (non-hydrogen) atoms. The van der Waals surface area contributed by atoms with Gasteiger partial charge in [0.15, 0.2) is 11.5 Å². The van der Waals surface area contributed by atoms with Gasteiger partial charge in [-0.2, -0.15) is 0 Å². The molecule has 7 heteroatoms. The van der Waals surface area contributed by atoms with Crippen molar-refractivity contribution >= 4 is 46.3 Å². The monoisotopic (exact) mass is 409 g/mol. The van der Waals surface area contributed by atoms with E-state index in [0.717, 1.165) is 44.8 Å². The van der Waals surface area contributed by atoms with Gasteiger partial charge in [-0.05, 0) is 35.9 Å². The predicted molar refractivity (Wildman–Crippen MR) is 104 cm³/mol. The van der Waals surface area contributed by atoms with Gasteiger partial charge in [0.2, 0.25) is 6.79 Å². The highest BCUT2D eigenvalue weighted by Crippen LogP contribution is 2.34. The van der Waals surface area contributed by atoms with Gasteiger partial charge in [-0.1, -0.05) is 29.3 Å². The van der Waals surface area contributed by atoms with Crippen LogP contribution in [0.2, 0.25) is 10.0 Å². The lowest BCUT2D eigenvalue weighted by molar-refractivity contribution is 0.174. The maximum atomic E-state index is 6.20. The molecule has 0 saturated heterocycles. The zero-order chi connectivity index (χ0) is 17.2. The Morgan fingerprint density at radius 3 is 2.88 bits per heavy atom. The van der Waals surface area contributed by atoms with Crippen molar-refractivity contribution in [3.63, 3.8) is 0 Å². The quantitative estimate of drug-likeness (QED) is 0.479. The molecular weight excluding hydrogens is 397 g/mol. The molecule has 0 spiro atoms. The zero-order valence-corrected chi connectivity index (χ0v) is 16.1. The molecule has 0 saturated carbocycles. The third-order valence-electron chi connectivity index (χ3n) is 3.66. The summed E-state index contributed by atoms with van der Waals surface area (Å²) in [6, 6.07) is 11.5. The first-order valence-corrected chi connectivity index (χ1v) is 10.2. The molecule has 1 aliphatic rings. The van der Waals surface area contributed by atoms with Crippen LogP contribution in [0.4, 0.5) is 0 Å². The first kappa shape index (κ1) is 17.0. The summed E-state index contributed by atoms with van der Waals surface area (Å²) in [4.78, 5) is 5.69. The van der Waals surface area contributed by atoms with E-state index in [2.05, 4.69) is 11.4 Å². The first-order chi connectivity index (χ1) is 12.2. The summed E-state index contributed by atoms with van der Waals surface area (Å²) < 4.78 is 10.8. The summed E-state index contributed by atoms with van der Waals surface area (Å²) in [7, 11) is 0. The maximum Gasteiger partial charge on any atom is 0.231 e. The number of ether oxygens (including phenoxy) is 2. The molecule has 0 bridgehead atoms. The number of benzene rings is 2. The highest BCUT2D eigenvalue weighted by Gasteiger charge is 2.14. The number of rotatable bonds is 5. The van der Waals surface area contributed by atoms with Gasteiger partial charge in [-0.3, -0.25) is 0 Å². The summed E-state index contributed by atoms with van der Waals surface area (Å²) in [6.07, 6.45) is 0.782. The molecule has 1 aromatic heterocycles. The highest BCUT2D eigenvalue weighted by molar-refractivity contribution is 7.98. The Hall–Kier alpha value is -1.40. The van der Waals surface area contributed by atoms with E-state index in [-0.39, 0.29) is 0 Å². The van der Waals surface area contributed by atoms with Crippen LogP contribution < -0.4 is 9.47 Å². The molecule has 2 aromatic carbocycles. The molecule has 0 aliphatic carbocycles. The Labute approximate surface area is 163 Å². The molecule has 0 unspecified atom stereocenters. The van der Waals surface area contributed by atoms with Crippen LogP contribution in [0.25, 0.3) is 0 Å². The largest absolute Gasteiger partial charge is 0.454 e. The van der Waals surface area contributed by atoms with Crippen LogP contribution in [0.15, 0.2) is 46.7 Å². The smallest absolute Gasteiger partial charge is 0.231 e. The van der Waals surface area contributed by atoms with Gasteiger partial charge in [-0.25, -0.2) is 4.98 Å². The summed E-state index contributed by atoms with van der Waals surface area (Å²) in [6.45, 7) is 0.295. The second kappa shape index (κ2) is 7.46. The number of halogens is 2. The first-order valence-electron chi connectivity index (χ1n) is 7.57. The molecule has 0 N–H and O–H groups in total. The van der Waals surface area contributed by atoms with Gasteiger partial charge in [0, 0.05) is 27.5 Å². The Bertz CT molecular complexity index is 914.